The van der Waals surface area contributed by atoms with Crippen molar-refractivity contribution in [2.45, 2.75) is 12.8 Å². The summed E-state index contributed by atoms with van der Waals surface area (Å²) in [6.07, 6.45) is 2.48. The van der Waals surface area contributed by atoms with Crippen molar-refractivity contribution in [3.63, 3.8) is 0 Å². The molecule has 1 fully saturated rings. The molecule has 0 aliphatic carbocycles. The predicted molar refractivity (Wildman–Crippen MR) is 73.4 cm³/mol. The molecule has 4 nitrogen and oxygen atoms in total. The average molecular weight is 265 g/mol. The van der Waals surface area contributed by atoms with E-state index < -0.39 is 5.82 Å². The second-order valence-corrected chi connectivity index (χ2v) is 5.01. The molecule has 5 heteroatoms. The van der Waals surface area contributed by atoms with Crippen LogP contribution < -0.4 is 5.73 Å². The molecule has 0 atom stereocenters. The van der Waals surface area contributed by atoms with E-state index in [9.17, 15) is 9.18 Å². The predicted octanol–water partition coefficient (Wildman–Crippen LogP) is 1.58. The molecule has 2 rings (SSSR count). The molecule has 104 valence electrons. The fourth-order valence-electron chi connectivity index (χ4n) is 2.30. The Balaban J connectivity index is 1.92. The van der Waals surface area contributed by atoms with Crippen LogP contribution in [0, 0.1) is 5.82 Å². The number of likely N-dealkylation sites (N-methyl/N-ethyl adjacent to an activating group) is 1. The molecule has 1 amide bonds. The van der Waals surface area contributed by atoms with Crippen LogP contribution in [0.2, 0.25) is 0 Å². The van der Waals surface area contributed by atoms with E-state index in [1.807, 2.05) is 0 Å². The number of carbonyl (C=O) groups is 1. The summed E-state index contributed by atoms with van der Waals surface area (Å²) in [6, 6.07) is 4.10. The van der Waals surface area contributed by atoms with E-state index in [0.29, 0.717) is 12.1 Å². The molecule has 1 aromatic rings. The zero-order chi connectivity index (χ0) is 13.8. The van der Waals surface area contributed by atoms with Crippen LogP contribution in [0.3, 0.4) is 0 Å². The zero-order valence-corrected chi connectivity index (χ0v) is 11.2. The van der Waals surface area contributed by atoms with Gasteiger partial charge in [0.1, 0.15) is 5.82 Å². The minimum atomic E-state index is -0.490. The van der Waals surface area contributed by atoms with Crippen LogP contribution in [-0.2, 0) is 0 Å². The highest BCUT2D eigenvalue weighted by atomic mass is 19.1. The second kappa shape index (κ2) is 6.02. The molecule has 1 heterocycles. The van der Waals surface area contributed by atoms with E-state index in [4.69, 9.17) is 5.73 Å². The van der Waals surface area contributed by atoms with Crippen LogP contribution in [0.15, 0.2) is 18.2 Å². The van der Waals surface area contributed by atoms with Crippen molar-refractivity contribution >= 4 is 11.6 Å². The summed E-state index contributed by atoms with van der Waals surface area (Å²) in [5.41, 5.74) is 5.92. The molecule has 1 saturated heterocycles. The van der Waals surface area contributed by atoms with Gasteiger partial charge in [0.15, 0.2) is 0 Å². The Labute approximate surface area is 113 Å². The summed E-state index contributed by atoms with van der Waals surface area (Å²) in [7, 11) is 1.76. The SMILES string of the molecule is CN(CCN1CCCC1)C(=O)c1ccc(F)c(N)c1. The Morgan fingerprint density at radius 1 is 1.42 bits per heavy atom. The zero-order valence-electron chi connectivity index (χ0n) is 11.2. The van der Waals surface area contributed by atoms with Crippen molar-refractivity contribution in [1.82, 2.24) is 9.80 Å². The topological polar surface area (TPSA) is 49.6 Å². The number of anilines is 1. The second-order valence-electron chi connectivity index (χ2n) is 5.01. The van der Waals surface area contributed by atoms with E-state index >= 15 is 0 Å². The quantitative estimate of drug-likeness (QED) is 0.841. The maximum Gasteiger partial charge on any atom is 0.253 e. The molecule has 1 aliphatic rings. The van der Waals surface area contributed by atoms with Gasteiger partial charge in [-0.3, -0.25) is 4.79 Å². The van der Waals surface area contributed by atoms with Crippen molar-refractivity contribution in [3.8, 4) is 0 Å². The Morgan fingerprint density at radius 2 is 2.11 bits per heavy atom. The molecule has 19 heavy (non-hydrogen) atoms. The van der Waals surface area contributed by atoms with Gasteiger partial charge in [-0.25, -0.2) is 4.39 Å². The van der Waals surface area contributed by atoms with E-state index in [0.717, 1.165) is 19.6 Å². The van der Waals surface area contributed by atoms with Crippen LogP contribution in [-0.4, -0.2) is 48.9 Å². The third kappa shape index (κ3) is 3.44. The lowest BCUT2D eigenvalue weighted by Gasteiger charge is -2.21. The van der Waals surface area contributed by atoms with Crippen LogP contribution in [0.4, 0.5) is 10.1 Å². The highest BCUT2D eigenvalue weighted by Crippen LogP contribution is 2.14. The van der Waals surface area contributed by atoms with Gasteiger partial charge in [-0.1, -0.05) is 0 Å². The maximum atomic E-state index is 13.1. The molecule has 1 aromatic carbocycles. The smallest absolute Gasteiger partial charge is 0.253 e. The molecule has 0 radical (unpaired) electrons. The number of carbonyl (C=O) groups excluding carboxylic acids is 1. The molecule has 0 saturated carbocycles. The normalized spacial score (nSPS) is 15.7. The largest absolute Gasteiger partial charge is 0.396 e. The minimum absolute atomic E-state index is 0.0128. The molecular formula is C14H20FN3O. The Hall–Kier alpha value is -1.62. The van der Waals surface area contributed by atoms with Crippen molar-refractivity contribution in [2.24, 2.45) is 0 Å². The fraction of sp³-hybridized carbons (Fsp3) is 0.500. The van der Waals surface area contributed by atoms with Crippen LogP contribution in [0.5, 0.6) is 0 Å². The number of hydrogen-bond donors (Lipinski definition) is 1. The van der Waals surface area contributed by atoms with E-state index in [1.54, 1.807) is 11.9 Å². The van der Waals surface area contributed by atoms with Gasteiger partial charge in [-0.05, 0) is 44.1 Å². The van der Waals surface area contributed by atoms with Gasteiger partial charge in [0.05, 0.1) is 5.69 Å². The van der Waals surface area contributed by atoms with E-state index in [-0.39, 0.29) is 11.6 Å². The summed E-state index contributed by atoms with van der Waals surface area (Å²) in [6.45, 7) is 3.80. The van der Waals surface area contributed by atoms with Crippen molar-refractivity contribution < 1.29 is 9.18 Å². The van der Waals surface area contributed by atoms with E-state index in [2.05, 4.69) is 4.90 Å². The van der Waals surface area contributed by atoms with Gasteiger partial charge < -0.3 is 15.5 Å². The first-order valence-corrected chi connectivity index (χ1v) is 6.61. The lowest BCUT2D eigenvalue weighted by Crippen LogP contribution is -2.35. The summed E-state index contributed by atoms with van der Waals surface area (Å²) >= 11 is 0. The molecule has 0 bridgehead atoms. The molecule has 0 unspecified atom stereocenters. The number of rotatable bonds is 4. The maximum absolute atomic E-state index is 13.1. The summed E-state index contributed by atoms with van der Waals surface area (Å²) in [5, 5.41) is 0. The fourth-order valence-corrected chi connectivity index (χ4v) is 2.30. The van der Waals surface area contributed by atoms with Crippen LogP contribution >= 0.6 is 0 Å². The number of likely N-dealkylation sites (tertiary alicyclic amines) is 1. The van der Waals surface area contributed by atoms with Gasteiger partial charge in [0, 0.05) is 25.7 Å². The monoisotopic (exact) mass is 265 g/mol. The Kier molecular flexibility index (Phi) is 4.37. The number of hydrogen-bond acceptors (Lipinski definition) is 3. The van der Waals surface area contributed by atoms with Gasteiger partial charge in [-0.15, -0.1) is 0 Å². The van der Waals surface area contributed by atoms with Gasteiger partial charge in [0.2, 0.25) is 0 Å². The number of nitrogens with zero attached hydrogens (tertiary/aromatic N) is 2. The van der Waals surface area contributed by atoms with Gasteiger partial charge >= 0.3 is 0 Å². The number of nitrogens with two attached hydrogens (primary N) is 1. The standard InChI is InChI=1S/C14H20FN3O/c1-17(8-9-18-6-2-3-7-18)14(19)11-4-5-12(15)13(16)10-11/h4-5,10H,2-3,6-9,16H2,1H3. The molecule has 0 spiro atoms. The third-order valence-corrected chi connectivity index (χ3v) is 3.54. The van der Waals surface area contributed by atoms with Crippen molar-refractivity contribution in [3.05, 3.63) is 29.6 Å². The van der Waals surface area contributed by atoms with Crippen LogP contribution in [0.25, 0.3) is 0 Å². The summed E-state index contributed by atoms with van der Waals surface area (Å²) in [4.78, 5) is 16.2. The lowest BCUT2D eigenvalue weighted by molar-refractivity contribution is 0.0782. The highest BCUT2D eigenvalue weighted by Gasteiger charge is 2.16. The first-order valence-electron chi connectivity index (χ1n) is 6.61. The first kappa shape index (κ1) is 13.8. The van der Waals surface area contributed by atoms with Gasteiger partial charge in [0.25, 0.3) is 5.91 Å². The summed E-state index contributed by atoms with van der Waals surface area (Å²) in [5.74, 6) is -0.609. The number of benzene rings is 1. The third-order valence-electron chi connectivity index (χ3n) is 3.54. The number of halogens is 1. The summed E-state index contributed by atoms with van der Waals surface area (Å²) < 4.78 is 13.1. The molecule has 2 N–H and O–H groups in total. The molecule has 0 aromatic heterocycles. The number of nitrogen functional groups attached to an aromatic ring is 1. The highest BCUT2D eigenvalue weighted by molar-refractivity contribution is 5.94. The lowest BCUT2D eigenvalue weighted by atomic mass is 10.1. The number of amides is 1. The minimum Gasteiger partial charge on any atom is -0.396 e. The Bertz CT molecular complexity index is 458. The van der Waals surface area contributed by atoms with Crippen molar-refractivity contribution in [2.75, 3.05) is 39.0 Å². The van der Waals surface area contributed by atoms with Crippen molar-refractivity contribution in [1.29, 1.82) is 0 Å². The molecular weight excluding hydrogens is 245 g/mol. The Morgan fingerprint density at radius 3 is 2.74 bits per heavy atom. The first-order chi connectivity index (χ1) is 9.08. The van der Waals surface area contributed by atoms with E-state index in [1.165, 1.54) is 31.0 Å². The van der Waals surface area contributed by atoms with Gasteiger partial charge in [-0.2, -0.15) is 0 Å². The molecule has 1 aliphatic heterocycles. The average Bonchev–Trinajstić information content (AvgIpc) is 2.91. The van der Waals surface area contributed by atoms with Crippen LogP contribution in [0.1, 0.15) is 23.2 Å².